The van der Waals surface area contributed by atoms with E-state index in [1.807, 2.05) is 0 Å². The van der Waals surface area contributed by atoms with Crippen LogP contribution in [0.25, 0.3) is 0 Å². The number of carbonyl (C=O) groups is 2. The molecule has 25 heavy (non-hydrogen) atoms. The zero-order valence-electron chi connectivity index (χ0n) is 16.8. The van der Waals surface area contributed by atoms with Gasteiger partial charge in [-0.2, -0.15) is 0 Å². The van der Waals surface area contributed by atoms with Gasteiger partial charge >= 0.3 is 11.9 Å². The maximum Gasteiger partial charge on any atom is 0.305 e. The third kappa shape index (κ3) is 16.2. The van der Waals surface area contributed by atoms with Gasteiger partial charge in [0.25, 0.3) is 0 Å². The Labute approximate surface area is 155 Å². The smallest absolute Gasteiger partial charge is 0.305 e. The number of unbranched alkanes of at least 4 members (excludes halogenated alkanes) is 10. The highest BCUT2D eigenvalue weighted by molar-refractivity contribution is 5.69. The molecule has 0 heterocycles. The van der Waals surface area contributed by atoms with Crippen molar-refractivity contribution in [1.29, 1.82) is 0 Å². The van der Waals surface area contributed by atoms with Crippen LogP contribution in [0.3, 0.4) is 0 Å². The van der Waals surface area contributed by atoms with Crippen LogP contribution in [0.4, 0.5) is 0 Å². The quantitative estimate of drug-likeness (QED) is 0.243. The third-order valence-corrected chi connectivity index (χ3v) is 4.98. The fourth-order valence-electron chi connectivity index (χ4n) is 3.16. The Bertz CT molecular complexity index is 328. The molecule has 0 amide bonds. The molecule has 0 rings (SSSR count). The Balaban J connectivity index is 3.28. The Morgan fingerprint density at radius 1 is 0.680 bits per heavy atom. The van der Waals surface area contributed by atoms with Gasteiger partial charge in [-0.05, 0) is 18.8 Å². The molecule has 0 fully saturated rings. The number of rotatable bonds is 17. The van der Waals surface area contributed by atoms with E-state index in [0.29, 0.717) is 18.8 Å². The summed E-state index contributed by atoms with van der Waals surface area (Å²) in [5.41, 5.74) is 0. The molecule has 0 aromatic heterocycles. The second kappa shape index (κ2) is 17.8. The zero-order chi connectivity index (χ0) is 18.8. The number of hydrogen-bond acceptors (Lipinski definition) is 4. The maximum atomic E-state index is 11.3. The maximum absolute atomic E-state index is 11.3. The zero-order valence-corrected chi connectivity index (χ0v) is 16.8. The minimum absolute atomic E-state index is 0.0721. The van der Waals surface area contributed by atoms with Crippen molar-refractivity contribution in [3.8, 4) is 0 Å². The normalized spacial score (nSPS) is 12.0. The monoisotopic (exact) mass is 356 g/mol. The summed E-state index contributed by atoms with van der Waals surface area (Å²) < 4.78 is 9.38. The molecular formula is C21H40O4. The molecule has 0 aromatic rings. The van der Waals surface area contributed by atoms with E-state index in [1.165, 1.54) is 72.0 Å². The Kier molecular flexibility index (Phi) is 17.0. The molecule has 1 atom stereocenters. The van der Waals surface area contributed by atoms with Crippen molar-refractivity contribution in [1.82, 2.24) is 0 Å². The molecule has 4 nitrogen and oxygen atoms in total. The van der Waals surface area contributed by atoms with Gasteiger partial charge in [-0.1, -0.05) is 77.6 Å². The fourth-order valence-corrected chi connectivity index (χ4v) is 3.16. The summed E-state index contributed by atoms with van der Waals surface area (Å²) in [4.78, 5) is 22.3. The average molecular weight is 357 g/mol. The molecule has 0 N–H and O–H groups in total. The lowest BCUT2D eigenvalue weighted by atomic mass is 9.95. The number of esters is 2. The molecule has 0 aliphatic rings. The van der Waals surface area contributed by atoms with Crippen LogP contribution in [-0.4, -0.2) is 26.2 Å². The van der Waals surface area contributed by atoms with Gasteiger partial charge in [0.05, 0.1) is 14.2 Å². The van der Waals surface area contributed by atoms with Crippen LogP contribution in [0, 0.1) is 5.92 Å². The molecule has 0 aliphatic heterocycles. The van der Waals surface area contributed by atoms with Crippen LogP contribution in [0.15, 0.2) is 0 Å². The summed E-state index contributed by atoms with van der Waals surface area (Å²) in [6, 6.07) is 0. The topological polar surface area (TPSA) is 52.6 Å². The van der Waals surface area contributed by atoms with Crippen molar-refractivity contribution >= 4 is 11.9 Å². The van der Waals surface area contributed by atoms with Gasteiger partial charge in [-0.15, -0.1) is 0 Å². The summed E-state index contributed by atoms with van der Waals surface area (Å²) in [7, 11) is 2.92. The molecule has 0 saturated carbocycles. The van der Waals surface area contributed by atoms with Crippen LogP contribution in [0.5, 0.6) is 0 Å². The average Bonchev–Trinajstić information content (AvgIpc) is 2.63. The first-order chi connectivity index (χ1) is 12.1. The predicted molar refractivity (Wildman–Crippen MR) is 102 cm³/mol. The van der Waals surface area contributed by atoms with Gasteiger partial charge in [-0.3, -0.25) is 9.59 Å². The second-order valence-electron chi connectivity index (χ2n) is 7.06. The van der Waals surface area contributed by atoms with Gasteiger partial charge in [0.2, 0.25) is 0 Å². The van der Waals surface area contributed by atoms with E-state index in [1.54, 1.807) is 0 Å². The Hall–Kier alpha value is -1.06. The summed E-state index contributed by atoms with van der Waals surface area (Å²) >= 11 is 0. The van der Waals surface area contributed by atoms with Gasteiger partial charge in [0, 0.05) is 12.8 Å². The highest BCUT2D eigenvalue weighted by Crippen LogP contribution is 2.19. The molecule has 0 saturated heterocycles. The standard InChI is InChI=1S/C21H40O4/c1-4-19(18-21(23)25-3)16-14-12-10-8-6-5-7-9-11-13-15-17-20(22)24-2/h19H,4-18H2,1-3H3. The lowest BCUT2D eigenvalue weighted by Gasteiger charge is -2.12. The summed E-state index contributed by atoms with van der Waals surface area (Å²) in [5.74, 6) is 0.333. The summed E-state index contributed by atoms with van der Waals surface area (Å²) in [6.07, 6.45) is 17.1. The first kappa shape index (κ1) is 23.9. The molecule has 0 spiro atoms. The summed E-state index contributed by atoms with van der Waals surface area (Å²) in [6.45, 7) is 2.16. The first-order valence-corrected chi connectivity index (χ1v) is 10.3. The van der Waals surface area contributed by atoms with E-state index in [4.69, 9.17) is 4.74 Å². The molecule has 4 heteroatoms. The largest absolute Gasteiger partial charge is 0.469 e. The van der Waals surface area contributed by atoms with Crippen molar-refractivity contribution in [2.75, 3.05) is 14.2 Å². The first-order valence-electron chi connectivity index (χ1n) is 10.3. The third-order valence-electron chi connectivity index (χ3n) is 4.98. The van der Waals surface area contributed by atoms with Crippen LogP contribution in [0.2, 0.25) is 0 Å². The van der Waals surface area contributed by atoms with Crippen molar-refractivity contribution < 1.29 is 19.1 Å². The second-order valence-corrected chi connectivity index (χ2v) is 7.06. The van der Waals surface area contributed by atoms with Crippen LogP contribution >= 0.6 is 0 Å². The molecule has 0 bridgehead atoms. The van der Waals surface area contributed by atoms with E-state index < -0.39 is 0 Å². The number of carbonyl (C=O) groups excluding carboxylic acids is 2. The number of methoxy groups -OCH3 is 2. The number of hydrogen-bond donors (Lipinski definition) is 0. The van der Waals surface area contributed by atoms with E-state index in [2.05, 4.69) is 11.7 Å². The van der Waals surface area contributed by atoms with Crippen molar-refractivity contribution in [2.45, 2.75) is 103 Å². The van der Waals surface area contributed by atoms with Gasteiger partial charge in [0.1, 0.15) is 0 Å². The minimum Gasteiger partial charge on any atom is -0.469 e. The van der Waals surface area contributed by atoms with Crippen LogP contribution in [-0.2, 0) is 19.1 Å². The molecular weight excluding hydrogens is 316 g/mol. The molecule has 0 radical (unpaired) electrons. The van der Waals surface area contributed by atoms with Gasteiger partial charge in [0.15, 0.2) is 0 Å². The minimum atomic E-state index is -0.0875. The van der Waals surface area contributed by atoms with E-state index in [9.17, 15) is 9.59 Å². The molecule has 0 aromatic carbocycles. The van der Waals surface area contributed by atoms with Crippen LogP contribution < -0.4 is 0 Å². The fraction of sp³-hybridized carbons (Fsp3) is 0.905. The molecule has 148 valence electrons. The lowest BCUT2D eigenvalue weighted by molar-refractivity contribution is -0.142. The van der Waals surface area contributed by atoms with Gasteiger partial charge < -0.3 is 9.47 Å². The Morgan fingerprint density at radius 2 is 1.12 bits per heavy atom. The van der Waals surface area contributed by atoms with E-state index in [-0.39, 0.29) is 11.9 Å². The SMILES string of the molecule is CCC(CCCCCCCCCCCCCC(=O)OC)CC(=O)OC. The van der Waals surface area contributed by atoms with Crippen LogP contribution in [0.1, 0.15) is 103 Å². The molecule has 1 unspecified atom stereocenters. The lowest BCUT2D eigenvalue weighted by Crippen LogP contribution is -2.09. The van der Waals surface area contributed by atoms with Crippen molar-refractivity contribution in [2.24, 2.45) is 5.92 Å². The van der Waals surface area contributed by atoms with Gasteiger partial charge in [-0.25, -0.2) is 0 Å². The predicted octanol–water partition coefficient (Wildman–Crippen LogP) is 5.82. The van der Waals surface area contributed by atoms with Crippen molar-refractivity contribution in [3.63, 3.8) is 0 Å². The summed E-state index contributed by atoms with van der Waals surface area (Å²) in [5, 5.41) is 0. The molecule has 0 aliphatic carbocycles. The van der Waals surface area contributed by atoms with E-state index >= 15 is 0 Å². The van der Waals surface area contributed by atoms with Crippen molar-refractivity contribution in [3.05, 3.63) is 0 Å². The number of ether oxygens (including phenoxy) is 2. The Morgan fingerprint density at radius 3 is 1.56 bits per heavy atom. The highest BCUT2D eigenvalue weighted by Gasteiger charge is 2.11. The highest BCUT2D eigenvalue weighted by atomic mass is 16.5. The van der Waals surface area contributed by atoms with E-state index in [0.717, 1.165) is 25.7 Å².